The van der Waals surface area contributed by atoms with Crippen LogP contribution in [0.3, 0.4) is 0 Å². The van der Waals surface area contributed by atoms with E-state index in [1.54, 1.807) is 9.47 Å². The molecule has 7 heteroatoms. The van der Waals surface area contributed by atoms with Gasteiger partial charge in [0.05, 0.1) is 16.8 Å². The monoisotopic (exact) mass is 415 g/mol. The topological polar surface area (TPSA) is 55.2 Å². The van der Waals surface area contributed by atoms with Crippen molar-refractivity contribution in [3.8, 4) is 5.69 Å². The average Bonchev–Trinajstić information content (AvgIpc) is 2.95. The minimum absolute atomic E-state index is 0.0543. The van der Waals surface area contributed by atoms with E-state index in [0.29, 0.717) is 23.6 Å². The molecule has 0 radical (unpaired) electrons. The molecular weight excluding hydrogens is 390 g/mol. The van der Waals surface area contributed by atoms with Crippen LogP contribution in [0, 0.1) is 20.8 Å². The van der Waals surface area contributed by atoms with E-state index in [2.05, 4.69) is 0 Å². The maximum absolute atomic E-state index is 13.4. The molecular formula is C21H25N3O2S2. The molecule has 148 valence electrons. The molecule has 5 nitrogen and oxygen atoms in total. The number of nitrogens with zero attached hydrogens (tertiary/aromatic N) is 3. The Hall–Kier alpha value is -2.12. The average molecular weight is 416 g/mol. The van der Waals surface area contributed by atoms with Crippen molar-refractivity contribution >= 4 is 39.2 Å². The third-order valence-corrected chi connectivity index (χ3v) is 6.90. The molecule has 1 aromatic carbocycles. The Balaban J connectivity index is 2.13. The normalized spacial score (nSPS) is 11.2. The third kappa shape index (κ3) is 3.86. The van der Waals surface area contributed by atoms with Crippen molar-refractivity contribution in [1.82, 2.24) is 14.5 Å². The van der Waals surface area contributed by atoms with E-state index in [1.807, 2.05) is 58.9 Å². The van der Waals surface area contributed by atoms with Crippen LogP contribution in [0.5, 0.6) is 0 Å². The van der Waals surface area contributed by atoms with Crippen LogP contribution in [0.1, 0.15) is 29.9 Å². The second-order valence-corrected chi connectivity index (χ2v) is 8.84. The Morgan fingerprint density at radius 1 is 1.21 bits per heavy atom. The van der Waals surface area contributed by atoms with Crippen LogP contribution in [0.25, 0.3) is 15.9 Å². The van der Waals surface area contributed by atoms with Crippen molar-refractivity contribution in [3.63, 3.8) is 0 Å². The molecule has 0 aliphatic rings. The van der Waals surface area contributed by atoms with Gasteiger partial charge in [0.1, 0.15) is 4.83 Å². The second kappa shape index (κ2) is 8.49. The first kappa shape index (κ1) is 20.6. The van der Waals surface area contributed by atoms with Gasteiger partial charge in [-0.05, 0) is 57.9 Å². The van der Waals surface area contributed by atoms with Crippen LogP contribution in [0.2, 0.25) is 0 Å². The number of fused-ring (bicyclic) bond motifs is 1. The molecule has 0 atom stereocenters. The van der Waals surface area contributed by atoms with E-state index in [-0.39, 0.29) is 17.2 Å². The smallest absolute Gasteiger partial charge is 0.267 e. The summed E-state index contributed by atoms with van der Waals surface area (Å²) < 4.78 is 1.65. The highest BCUT2D eigenvalue weighted by atomic mass is 32.2. The van der Waals surface area contributed by atoms with E-state index in [1.165, 1.54) is 23.1 Å². The number of hydrogen-bond donors (Lipinski definition) is 0. The number of benzene rings is 1. The third-order valence-electron chi connectivity index (χ3n) is 4.87. The van der Waals surface area contributed by atoms with Gasteiger partial charge in [0.25, 0.3) is 5.56 Å². The van der Waals surface area contributed by atoms with Crippen LogP contribution in [-0.2, 0) is 4.79 Å². The van der Waals surface area contributed by atoms with E-state index in [0.717, 1.165) is 26.5 Å². The molecule has 1 amide bonds. The van der Waals surface area contributed by atoms with Crippen molar-refractivity contribution in [2.45, 2.75) is 39.8 Å². The van der Waals surface area contributed by atoms with Gasteiger partial charge in [0, 0.05) is 18.0 Å². The molecule has 0 aliphatic heterocycles. The van der Waals surface area contributed by atoms with Crippen LogP contribution in [0.4, 0.5) is 0 Å². The van der Waals surface area contributed by atoms with Crippen molar-refractivity contribution < 1.29 is 4.79 Å². The fourth-order valence-corrected chi connectivity index (χ4v) is 5.15. The summed E-state index contributed by atoms with van der Waals surface area (Å²) in [6.45, 7) is 11.3. The van der Waals surface area contributed by atoms with Gasteiger partial charge < -0.3 is 4.90 Å². The van der Waals surface area contributed by atoms with E-state index >= 15 is 0 Å². The number of rotatable bonds is 6. The highest BCUT2D eigenvalue weighted by Gasteiger charge is 2.19. The number of carbonyl (C=O) groups excluding carboxylic acids is 1. The summed E-state index contributed by atoms with van der Waals surface area (Å²) in [5.41, 5.74) is 2.75. The molecule has 0 aliphatic carbocycles. The number of hydrogen-bond acceptors (Lipinski definition) is 5. The van der Waals surface area contributed by atoms with Gasteiger partial charge in [-0.25, -0.2) is 4.98 Å². The molecule has 2 aromatic heterocycles. The maximum atomic E-state index is 13.4. The standard InChI is InChI=1S/C21H25N3O2S2/c1-6-23(7-2)17(25)12-27-21-22-19-18(14(4)15(5)28-19)20(26)24(21)16-10-8-9-13(3)11-16/h8-11H,6-7,12H2,1-5H3. The van der Waals surface area contributed by atoms with Crippen molar-refractivity contribution in [2.75, 3.05) is 18.8 Å². The minimum Gasteiger partial charge on any atom is -0.343 e. The van der Waals surface area contributed by atoms with Crippen LogP contribution in [0.15, 0.2) is 34.2 Å². The molecule has 28 heavy (non-hydrogen) atoms. The lowest BCUT2D eigenvalue weighted by Gasteiger charge is -2.19. The first-order valence-electron chi connectivity index (χ1n) is 9.37. The summed E-state index contributed by atoms with van der Waals surface area (Å²) in [6.07, 6.45) is 0. The summed E-state index contributed by atoms with van der Waals surface area (Å²) in [5, 5.41) is 1.23. The molecule has 0 unspecified atom stereocenters. The SMILES string of the molecule is CCN(CC)C(=O)CSc1nc2sc(C)c(C)c2c(=O)n1-c1cccc(C)c1. The van der Waals surface area contributed by atoms with E-state index < -0.39 is 0 Å². The molecule has 0 spiro atoms. The first-order chi connectivity index (χ1) is 13.4. The van der Waals surface area contributed by atoms with Crippen LogP contribution in [-0.4, -0.2) is 39.2 Å². The number of amides is 1. The molecule has 0 fully saturated rings. The molecule has 0 N–H and O–H groups in total. The van der Waals surface area contributed by atoms with Crippen LogP contribution < -0.4 is 5.56 Å². The Bertz CT molecular complexity index is 1080. The fraction of sp³-hybridized carbons (Fsp3) is 0.381. The fourth-order valence-electron chi connectivity index (χ4n) is 3.16. The number of carbonyl (C=O) groups is 1. The Morgan fingerprint density at radius 2 is 1.93 bits per heavy atom. The molecule has 0 bridgehead atoms. The number of aromatic nitrogens is 2. The largest absolute Gasteiger partial charge is 0.343 e. The summed E-state index contributed by atoms with van der Waals surface area (Å²) in [5.74, 6) is 0.313. The lowest BCUT2D eigenvalue weighted by atomic mass is 10.2. The van der Waals surface area contributed by atoms with Crippen molar-refractivity contribution in [2.24, 2.45) is 0 Å². The van der Waals surface area contributed by atoms with E-state index in [4.69, 9.17) is 4.98 Å². The Labute approximate surface area is 173 Å². The van der Waals surface area contributed by atoms with Crippen molar-refractivity contribution in [3.05, 3.63) is 50.6 Å². The zero-order valence-electron chi connectivity index (χ0n) is 16.9. The van der Waals surface area contributed by atoms with Crippen molar-refractivity contribution in [1.29, 1.82) is 0 Å². The number of aryl methyl sites for hydroxylation is 3. The van der Waals surface area contributed by atoms with Gasteiger partial charge in [-0.3, -0.25) is 14.2 Å². The zero-order valence-corrected chi connectivity index (χ0v) is 18.5. The minimum atomic E-state index is -0.0739. The summed E-state index contributed by atoms with van der Waals surface area (Å²) in [4.78, 5) is 34.3. The quantitative estimate of drug-likeness (QED) is 0.444. The van der Waals surface area contributed by atoms with Gasteiger partial charge in [-0.15, -0.1) is 11.3 Å². The first-order valence-corrected chi connectivity index (χ1v) is 11.2. The molecule has 0 saturated carbocycles. The molecule has 2 heterocycles. The molecule has 3 rings (SSSR count). The van der Waals surface area contributed by atoms with Gasteiger partial charge in [-0.1, -0.05) is 23.9 Å². The predicted molar refractivity (Wildman–Crippen MR) is 118 cm³/mol. The lowest BCUT2D eigenvalue weighted by Crippen LogP contribution is -2.32. The van der Waals surface area contributed by atoms with Gasteiger partial charge >= 0.3 is 0 Å². The number of thioether (sulfide) groups is 1. The predicted octanol–water partition coefficient (Wildman–Crippen LogP) is 4.33. The second-order valence-electron chi connectivity index (χ2n) is 6.69. The molecule has 3 aromatic rings. The van der Waals surface area contributed by atoms with Crippen LogP contribution >= 0.6 is 23.1 Å². The summed E-state index contributed by atoms with van der Waals surface area (Å²) in [7, 11) is 0. The van der Waals surface area contributed by atoms with Gasteiger partial charge in [-0.2, -0.15) is 0 Å². The van der Waals surface area contributed by atoms with Gasteiger partial charge in [0.2, 0.25) is 5.91 Å². The Morgan fingerprint density at radius 3 is 2.57 bits per heavy atom. The highest BCUT2D eigenvalue weighted by Crippen LogP contribution is 2.29. The highest BCUT2D eigenvalue weighted by molar-refractivity contribution is 7.99. The lowest BCUT2D eigenvalue weighted by molar-refractivity contribution is -0.127. The summed E-state index contributed by atoms with van der Waals surface area (Å²) in [6, 6.07) is 7.81. The number of thiophene rings is 1. The summed E-state index contributed by atoms with van der Waals surface area (Å²) >= 11 is 2.86. The van der Waals surface area contributed by atoms with Gasteiger partial charge in [0.15, 0.2) is 5.16 Å². The Kier molecular flexibility index (Phi) is 6.25. The molecule has 0 saturated heterocycles. The zero-order chi connectivity index (χ0) is 20.4. The van der Waals surface area contributed by atoms with E-state index in [9.17, 15) is 9.59 Å². The maximum Gasteiger partial charge on any atom is 0.267 e.